The van der Waals surface area contributed by atoms with Gasteiger partial charge in [-0.1, -0.05) is 26.2 Å². The summed E-state index contributed by atoms with van der Waals surface area (Å²) in [5.41, 5.74) is 0.0988. The van der Waals surface area contributed by atoms with Crippen molar-refractivity contribution in [3.8, 4) is 5.75 Å². The highest BCUT2D eigenvalue weighted by Crippen LogP contribution is 2.35. The predicted molar refractivity (Wildman–Crippen MR) is 117 cm³/mol. The zero-order valence-electron chi connectivity index (χ0n) is 18.3. The van der Waals surface area contributed by atoms with E-state index in [2.05, 4.69) is 17.1 Å². The third kappa shape index (κ3) is 6.45. The van der Waals surface area contributed by atoms with Crippen LogP contribution in [0.2, 0.25) is 0 Å². The lowest BCUT2D eigenvalue weighted by Gasteiger charge is -2.37. The van der Waals surface area contributed by atoms with E-state index in [9.17, 15) is 4.79 Å². The number of methoxy groups -OCH3 is 1. The average molecular weight is 403 g/mol. The van der Waals surface area contributed by atoms with Crippen LogP contribution in [0.5, 0.6) is 5.75 Å². The minimum absolute atomic E-state index is 0.0299. The molecule has 5 nitrogen and oxygen atoms in total. The van der Waals surface area contributed by atoms with E-state index < -0.39 is 5.60 Å². The molecule has 1 saturated carbocycles. The van der Waals surface area contributed by atoms with Crippen LogP contribution in [0.4, 0.5) is 5.69 Å². The number of benzene rings is 1. The fourth-order valence-electron chi connectivity index (χ4n) is 4.70. The van der Waals surface area contributed by atoms with Crippen LogP contribution in [0.15, 0.2) is 24.3 Å². The summed E-state index contributed by atoms with van der Waals surface area (Å²) in [5, 5.41) is 3.04. The number of carbonyl (C=O) groups is 1. The Bertz CT molecular complexity index is 626. The summed E-state index contributed by atoms with van der Waals surface area (Å²) in [5.74, 6) is 1.34. The van der Waals surface area contributed by atoms with Gasteiger partial charge in [0.1, 0.15) is 11.4 Å². The maximum Gasteiger partial charge on any atom is 0.256 e. The molecule has 1 N–H and O–H groups in total. The fraction of sp³-hybridized carbons (Fsp3) is 0.708. The van der Waals surface area contributed by atoms with E-state index in [4.69, 9.17) is 9.47 Å². The summed E-state index contributed by atoms with van der Waals surface area (Å²) < 4.78 is 11.6. The van der Waals surface area contributed by atoms with Crippen LogP contribution in [0.1, 0.15) is 64.7 Å². The lowest BCUT2D eigenvalue weighted by Crippen LogP contribution is -2.47. The van der Waals surface area contributed by atoms with Gasteiger partial charge in [0.15, 0.2) is 0 Å². The molecule has 0 unspecified atom stereocenters. The number of carbonyl (C=O) groups excluding carboxylic acids is 1. The van der Waals surface area contributed by atoms with Crippen molar-refractivity contribution in [3.63, 3.8) is 0 Å². The number of hydrogen-bond donors (Lipinski definition) is 1. The van der Waals surface area contributed by atoms with Crippen LogP contribution in [0.25, 0.3) is 0 Å². The zero-order valence-corrected chi connectivity index (χ0v) is 18.3. The minimum Gasteiger partial charge on any atom is -0.494 e. The summed E-state index contributed by atoms with van der Waals surface area (Å²) in [6.07, 6.45) is 10.2. The van der Waals surface area contributed by atoms with Crippen molar-refractivity contribution in [2.45, 2.75) is 70.3 Å². The van der Waals surface area contributed by atoms with E-state index in [1.54, 1.807) is 7.11 Å². The fourth-order valence-corrected chi connectivity index (χ4v) is 4.70. The molecule has 1 aromatic rings. The van der Waals surface area contributed by atoms with Gasteiger partial charge < -0.3 is 19.7 Å². The molecule has 2 fully saturated rings. The van der Waals surface area contributed by atoms with Crippen molar-refractivity contribution >= 4 is 11.6 Å². The molecule has 5 heteroatoms. The molecule has 1 amide bonds. The molecule has 1 heterocycles. The van der Waals surface area contributed by atoms with Crippen molar-refractivity contribution in [3.05, 3.63) is 24.3 Å². The third-order valence-electron chi connectivity index (χ3n) is 6.46. The van der Waals surface area contributed by atoms with Gasteiger partial charge in [0.05, 0.1) is 6.61 Å². The van der Waals surface area contributed by atoms with E-state index in [1.165, 1.54) is 45.2 Å². The van der Waals surface area contributed by atoms with Crippen LogP contribution in [-0.4, -0.2) is 49.8 Å². The monoisotopic (exact) mass is 402 g/mol. The van der Waals surface area contributed by atoms with Gasteiger partial charge in [-0.3, -0.25) is 4.79 Å². The lowest BCUT2D eigenvalue weighted by atomic mass is 9.78. The molecular weight excluding hydrogens is 364 g/mol. The second-order valence-corrected chi connectivity index (χ2v) is 8.84. The van der Waals surface area contributed by atoms with Gasteiger partial charge >= 0.3 is 0 Å². The molecule has 0 radical (unpaired) electrons. The van der Waals surface area contributed by atoms with Crippen LogP contribution in [0.3, 0.4) is 0 Å². The van der Waals surface area contributed by atoms with Gasteiger partial charge in [-0.15, -0.1) is 0 Å². The highest BCUT2D eigenvalue weighted by Gasteiger charge is 2.41. The van der Waals surface area contributed by atoms with Gasteiger partial charge in [-0.25, -0.2) is 0 Å². The van der Waals surface area contributed by atoms with Gasteiger partial charge in [-0.2, -0.15) is 0 Å². The van der Waals surface area contributed by atoms with Crippen molar-refractivity contribution in [1.82, 2.24) is 4.90 Å². The average Bonchev–Trinajstić information content (AvgIpc) is 3.01. The van der Waals surface area contributed by atoms with Crippen molar-refractivity contribution in [2.75, 3.05) is 38.7 Å². The highest BCUT2D eigenvalue weighted by molar-refractivity contribution is 5.97. The Morgan fingerprint density at radius 2 is 1.86 bits per heavy atom. The van der Waals surface area contributed by atoms with Crippen LogP contribution < -0.4 is 10.1 Å². The number of ether oxygens (including phenoxy) is 2. The molecule has 1 aromatic carbocycles. The summed E-state index contributed by atoms with van der Waals surface area (Å²) in [6.45, 7) is 6.50. The first-order valence-corrected chi connectivity index (χ1v) is 11.4. The summed E-state index contributed by atoms with van der Waals surface area (Å²) in [6, 6.07) is 7.70. The third-order valence-corrected chi connectivity index (χ3v) is 6.46. The number of likely N-dealkylation sites (tertiary alicyclic amines) is 1. The molecule has 0 spiro atoms. The Morgan fingerprint density at radius 3 is 2.52 bits per heavy atom. The van der Waals surface area contributed by atoms with Gasteiger partial charge in [0, 0.05) is 19.3 Å². The maximum atomic E-state index is 12.9. The van der Waals surface area contributed by atoms with Crippen LogP contribution in [-0.2, 0) is 9.53 Å². The van der Waals surface area contributed by atoms with E-state index in [1.807, 2.05) is 24.3 Å². The molecule has 1 saturated heterocycles. The molecule has 2 atom stereocenters. The van der Waals surface area contributed by atoms with Crippen molar-refractivity contribution in [1.29, 1.82) is 0 Å². The Labute approximate surface area is 176 Å². The SMILES string of the molecule is CO[C@@]1(C(=O)Nc2ccc(OCCCN3CCCCCC3)cc2)CCC[C@@H](C)C1. The molecule has 1 aliphatic heterocycles. The van der Waals surface area contributed by atoms with E-state index in [-0.39, 0.29) is 5.91 Å². The number of rotatable bonds is 8. The quantitative estimate of drug-likeness (QED) is 0.631. The summed E-state index contributed by atoms with van der Waals surface area (Å²) >= 11 is 0. The van der Waals surface area contributed by atoms with E-state index in [0.717, 1.165) is 50.3 Å². The molecule has 0 bridgehead atoms. The lowest BCUT2D eigenvalue weighted by molar-refractivity contribution is -0.143. The van der Waals surface area contributed by atoms with Crippen molar-refractivity contribution < 1.29 is 14.3 Å². The normalized spacial score (nSPS) is 25.9. The number of nitrogens with one attached hydrogen (secondary N) is 1. The number of hydrogen-bond acceptors (Lipinski definition) is 4. The zero-order chi connectivity index (χ0) is 20.5. The smallest absolute Gasteiger partial charge is 0.256 e. The number of anilines is 1. The largest absolute Gasteiger partial charge is 0.494 e. The number of amides is 1. The second-order valence-electron chi connectivity index (χ2n) is 8.84. The van der Waals surface area contributed by atoms with Gasteiger partial charge in [0.2, 0.25) is 0 Å². The first kappa shape index (κ1) is 22.1. The standard InChI is InChI=1S/C24H38N2O3/c1-20-9-7-14-24(19-20,28-2)23(27)25-21-10-12-22(13-11-21)29-18-8-17-26-15-5-3-4-6-16-26/h10-13,20H,3-9,14-19H2,1-2H3,(H,25,27)/t20-,24+/m1/s1. The second kappa shape index (κ2) is 11.0. The topological polar surface area (TPSA) is 50.8 Å². The Kier molecular flexibility index (Phi) is 8.37. The first-order valence-electron chi connectivity index (χ1n) is 11.4. The maximum absolute atomic E-state index is 12.9. The first-order chi connectivity index (χ1) is 14.1. The molecule has 162 valence electrons. The molecule has 29 heavy (non-hydrogen) atoms. The summed E-state index contributed by atoms with van der Waals surface area (Å²) in [7, 11) is 1.65. The van der Waals surface area contributed by atoms with Crippen LogP contribution >= 0.6 is 0 Å². The van der Waals surface area contributed by atoms with Gasteiger partial charge in [-0.05, 0) is 81.8 Å². The molecular formula is C24H38N2O3. The molecule has 2 aliphatic rings. The van der Waals surface area contributed by atoms with Crippen LogP contribution in [0, 0.1) is 5.92 Å². The summed E-state index contributed by atoms with van der Waals surface area (Å²) in [4.78, 5) is 15.4. The Hall–Kier alpha value is -1.59. The Morgan fingerprint density at radius 1 is 1.14 bits per heavy atom. The van der Waals surface area contributed by atoms with Gasteiger partial charge in [0.25, 0.3) is 5.91 Å². The minimum atomic E-state index is -0.694. The molecule has 3 rings (SSSR count). The highest BCUT2D eigenvalue weighted by atomic mass is 16.5. The molecule has 0 aromatic heterocycles. The Balaban J connectivity index is 1.43. The number of nitrogens with zero attached hydrogens (tertiary/aromatic N) is 1. The predicted octanol–water partition coefficient (Wildman–Crippen LogP) is 4.87. The van der Waals surface area contributed by atoms with E-state index >= 15 is 0 Å². The van der Waals surface area contributed by atoms with Crippen molar-refractivity contribution in [2.24, 2.45) is 5.92 Å². The van der Waals surface area contributed by atoms with E-state index in [0.29, 0.717) is 5.92 Å². The molecule has 1 aliphatic carbocycles.